The maximum Gasteiger partial charge on any atom is 0.481 e. The molecule has 16 heteroatoms. The number of aromatic nitrogens is 2. The van der Waals surface area contributed by atoms with Crippen molar-refractivity contribution in [2.45, 2.75) is 50.9 Å². The molecule has 0 radical (unpaired) electrons. The van der Waals surface area contributed by atoms with Gasteiger partial charge in [0, 0.05) is 12.3 Å². The Bertz CT molecular complexity index is 942. The molecule has 29 heavy (non-hydrogen) atoms. The van der Waals surface area contributed by atoms with Crippen molar-refractivity contribution in [3.63, 3.8) is 0 Å². The van der Waals surface area contributed by atoms with Crippen LogP contribution in [0, 0.1) is 4.77 Å². The first kappa shape index (κ1) is 24.5. The first-order valence-corrected chi connectivity index (χ1v) is 11.6. The van der Waals surface area contributed by atoms with Gasteiger partial charge in [-0.1, -0.05) is 0 Å². The van der Waals surface area contributed by atoms with Crippen LogP contribution >= 0.6 is 27.9 Å². The molecule has 1 aromatic rings. The molecule has 1 saturated heterocycles. The van der Waals surface area contributed by atoms with E-state index in [4.69, 9.17) is 17.0 Å². The number of rotatable bonds is 7. The van der Waals surface area contributed by atoms with Gasteiger partial charge in [0.15, 0.2) is 11.0 Å². The van der Waals surface area contributed by atoms with Crippen molar-refractivity contribution in [2.75, 3.05) is 6.61 Å². The van der Waals surface area contributed by atoms with Crippen molar-refractivity contribution < 1.29 is 47.2 Å². The number of nitrogens with one attached hydrogen (secondary N) is 1. The molecule has 2 unspecified atom stereocenters. The third kappa shape index (κ3) is 6.88. The van der Waals surface area contributed by atoms with E-state index in [2.05, 4.69) is 18.3 Å². The Hall–Kier alpha value is -0.760. The van der Waals surface area contributed by atoms with Crippen molar-refractivity contribution in [1.82, 2.24) is 9.55 Å². The van der Waals surface area contributed by atoms with Crippen LogP contribution in [0.2, 0.25) is 0 Å². The van der Waals surface area contributed by atoms with Crippen LogP contribution in [0.5, 0.6) is 0 Å². The van der Waals surface area contributed by atoms with Crippen LogP contribution in [0.3, 0.4) is 0 Å². The summed E-state index contributed by atoms with van der Waals surface area (Å²) in [6.45, 7) is 3.49. The molecule has 1 aliphatic rings. The van der Waals surface area contributed by atoms with Crippen LogP contribution in [0.25, 0.3) is 0 Å². The molecular weight excluding hydrogens is 454 g/mol. The maximum atomic E-state index is 11.9. The summed E-state index contributed by atoms with van der Waals surface area (Å²) in [6.07, 6.45) is -4.41. The fourth-order valence-electron chi connectivity index (χ4n) is 2.41. The van der Waals surface area contributed by atoms with Gasteiger partial charge in [-0.25, -0.2) is 9.13 Å². The number of nitrogens with zero attached hydrogens (tertiary/aromatic N) is 1. The van der Waals surface area contributed by atoms with E-state index < -0.39 is 58.0 Å². The van der Waals surface area contributed by atoms with Gasteiger partial charge in [-0.15, -0.1) is 0 Å². The number of hydrogen-bond donors (Lipinski definition) is 5. The van der Waals surface area contributed by atoms with Crippen LogP contribution in [0.4, 0.5) is 0 Å². The van der Waals surface area contributed by atoms with Crippen molar-refractivity contribution >= 4 is 27.9 Å². The third-order valence-electron chi connectivity index (χ3n) is 3.46. The van der Waals surface area contributed by atoms with Gasteiger partial charge < -0.3 is 24.7 Å². The van der Waals surface area contributed by atoms with Crippen molar-refractivity contribution in [2.24, 2.45) is 0 Å². The standard InChI is InChI=1S/C13H22N2O11P2S/c1-13(2,3)25-28(21,22)26-27(19,20)23-6-7-9(17)10(18)11(24-7)15-5-4-8(16)14-12(15)29/h4-5,7,9-11,17-18H,6H2,1-3H3,(H,19,20)(H,21,22)(H,14,16,29)/t7-,9-,10-,11-/m1/s1. The van der Waals surface area contributed by atoms with Gasteiger partial charge in [0.25, 0.3) is 5.56 Å². The second-order valence-electron chi connectivity index (χ2n) is 7.08. The summed E-state index contributed by atoms with van der Waals surface area (Å²) in [4.78, 5) is 32.8. The number of phosphoric acid groups is 2. The topological polar surface area (TPSA) is 190 Å². The fraction of sp³-hybridized carbons (Fsp3) is 0.692. The Labute approximate surface area is 170 Å². The Kier molecular flexibility index (Phi) is 7.41. The molecule has 166 valence electrons. The van der Waals surface area contributed by atoms with E-state index >= 15 is 0 Å². The van der Waals surface area contributed by atoms with E-state index in [1.54, 1.807) is 0 Å². The summed E-state index contributed by atoms with van der Waals surface area (Å²) in [5, 5.41) is 20.3. The molecule has 0 amide bonds. The SMILES string of the molecule is CC(C)(C)OP(=O)(O)OP(=O)(O)OC[C@H]1O[C@@H](n2ccc(=O)[nH]c2=S)[C@H](O)[C@@H]1O. The average molecular weight is 476 g/mol. The van der Waals surface area contributed by atoms with Crippen molar-refractivity contribution in [3.8, 4) is 0 Å². The van der Waals surface area contributed by atoms with Gasteiger partial charge in [0.2, 0.25) is 0 Å². The van der Waals surface area contributed by atoms with Crippen LogP contribution in [0.15, 0.2) is 17.1 Å². The lowest BCUT2D eigenvalue weighted by atomic mass is 10.1. The van der Waals surface area contributed by atoms with Crippen molar-refractivity contribution in [3.05, 3.63) is 27.4 Å². The number of ether oxygens (including phenoxy) is 1. The zero-order chi connectivity index (χ0) is 22.2. The van der Waals surface area contributed by atoms with E-state index in [1.807, 2.05) is 0 Å². The highest BCUT2D eigenvalue weighted by molar-refractivity contribution is 7.71. The second-order valence-corrected chi connectivity index (χ2v) is 10.4. The van der Waals surface area contributed by atoms with Crippen LogP contribution in [-0.2, 0) is 27.2 Å². The number of phosphoric ester groups is 2. The van der Waals surface area contributed by atoms with Crippen LogP contribution < -0.4 is 5.56 Å². The van der Waals surface area contributed by atoms with Crippen LogP contribution in [0.1, 0.15) is 27.0 Å². The normalized spacial score (nSPS) is 29.3. The molecule has 1 aliphatic heterocycles. The highest BCUT2D eigenvalue weighted by atomic mass is 32.1. The summed E-state index contributed by atoms with van der Waals surface area (Å²) in [6, 6.07) is 1.12. The number of aliphatic hydroxyl groups excluding tert-OH is 2. The molecular formula is C13H22N2O11P2S. The van der Waals surface area contributed by atoms with Gasteiger partial charge in [-0.3, -0.25) is 23.4 Å². The van der Waals surface area contributed by atoms with Gasteiger partial charge >= 0.3 is 15.6 Å². The lowest BCUT2D eigenvalue weighted by Gasteiger charge is -2.24. The predicted molar refractivity (Wildman–Crippen MR) is 99.3 cm³/mol. The highest BCUT2D eigenvalue weighted by Crippen LogP contribution is 2.61. The zero-order valence-electron chi connectivity index (χ0n) is 15.6. The predicted octanol–water partition coefficient (Wildman–Crippen LogP) is 0.574. The molecule has 13 nitrogen and oxygen atoms in total. The van der Waals surface area contributed by atoms with E-state index in [-0.39, 0.29) is 4.77 Å². The molecule has 1 aromatic heterocycles. The lowest BCUT2D eigenvalue weighted by Crippen LogP contribution is -2.34. The van der Waals surface area contributed by atoms with Gasteiger partial charge in [-0.05, 0) is 33.0 Å². The summed E-state index contributed by atoms with van der Waals surface area (Å²) < 4.78 is 43.7. The summed E-state index contributed by atoms with van der Waals surface area (Å²) >= 11 is 4.96. The summed E-state index contributed by atoms with van der Waals surface area (Å²) in [5.74, 6) is 0. The molecule has 2 rings (SSSR count). The summed E-state index contributed by atoms with van der Waals surface area (Å²) in [5.41, 5.74) is -1.63. The van der Waals surface area contributed by atoms with E-state index in [0.29, 0.717) is 0 Å². The minimum Gasteiger partial charge on any atom is -0.387 e. The average Bonchev–Trinajstić information content (AvgIpc) is 2.78. The van der Waals surface area contributed by atoms with Gasteiger partial charge in [-0.2, -0.15) is 4.31 Å². The maximum absolute atomic E-state index is 11.9. The number of aromatic amines is 1. The second kappa shape index (κ2) is 8.77. The minimum atomic E-state index is -5.09. The monoisotopic (exact) mass is 476 g/mol. The number of H-pyrrole nitrogens is 1. The Balaban J connectivity index is 2.05. The number of aliphatic hydroxyl groups is 2. The molecule has 6 atom stereocenters. The largest absolute Gasteiger partial charge is 0.481 e. The Morgan fingerprint density at radius 2 is 1.86 bits per heavy atom. The molecule has 2 heterocycles. The third-order valence-corrected chi connectivity index (χ3v) is 6.68. The lowest BCUT2D eigenvalue weighted by molar-refractivity contribution is -0.0536. The van der Waals surface area contributed by atoms with Crippen LogP contribution in [-0.4, -0.2) is 60.1 Å². The zero-order valence-corrected chi connectivity index (χ0v) is 18.2. The number of hydrogen-bond acceptors (Lipinski definition) is 10. The Morgan fingerprint density at radius 3 is 2.41 bits per heavy atom. The molecule has 0 aromatic carbocycles. The van der Waals surface area contributed by atoms with Crippen molar-refractivity contribution in [1.29, 1.82) is 0 Å². The molecule has 0 bridgehead atoms. The quantitative estimate of drug-likeness (QED) is 0.272. The molecule has 0 spiro atoms. The molecule has 1 fully saturated rings. The van der Waals surface area contributed by atoms with E-state index in [0.717, 1.165) is 6.07 Å². The van der Waals surface area contributed by atoms with E-state index in [1.165, 1.54) is 31.5 Å². The molecule has 0 aliphatic carbocycles. The fourth-order valence-corrected chi connectivity index (χ4v) is 5.07. The summed E-state index contributed by atoms with van der Waals surface area (Å²) in [7, 11) is -10.0. The van der Waals surface area contributed by atoms with E-state index in [9.17, 15) is 33.9 Å². The molecule has 5 N–H and O–H groups in total. The molecule has 0 saturated carbocycles. The first-order chi connectivity index (χ1) is 13.1. The smallest absolute Gasteiger partial charge is 0.387 e. The van der Waals surface area contributed by atoms with Gasteiger partial charge in [0.05, 0.1) is 12.2 Å². The highest BCUT2D eigenvalue weighted by Gasteiger charge is 2.46. The minimum absolute atomic E-state index is 0.0907. The first-order valence-electron chi connectivity index (χ1n) is 8.15. The van der Waals surface area contributed by atoms with Gasteiger partial charge in [0.1, 0.15) is 18.3 Å². The Morgan fingerprint density at radius 1 is 1.24 bits per heavy atom.